The Kier molecular flexibility index (Phi) is 5.19. The number of rotatable bonds is 4. The summed E-state index contributed by atoms with van der Waals surface area (Å²) < 4.78 is 0. The second-order valence-electron chi connectivity index (χ2n) is 10.9. The van der Waals surface area contributed by atoms with Gasteiger partial charge in [-0.3, -0.25) is 4.79 Å². The van der Waals surface area contributed by atoms with Crippen LogP contribution in [0.5, 0.6) is 0 Å². The molecular weight excluding hydrogens is 352 g/mol. The topological polar surface area (TPSA) is 77.8 Å². The van der Waals surface area contributed by atoms with Gasteiger partial charge >= 0.3 is 5.97 Å². The first kappa shape index (κ1) is 20.4. The van der Waals surface area contributed by atoms with Crippen molar-refractivity contribution in [2.75, 3.05) is 0 Å². The summed E-state index contributed by atoms with van der Waals surface area (Å²) in [6, 6.07) is 0. The third-order valence-electron chi connectivity index (χ3n) is 9.67. The molecule has 0 saturated heterocycles. The maximum absolute atomic E-state index is 11.0. The number of carboxylic acids is 1. The Morgan fingerprint density at radius 1 is 1.14 bits per heavy atom. The van der Waals surface area contributed by atoms with Gasteiger partial charge in [-0.05, 0) is 97.4 Å². The predicted octanol–water partition coefficient (Wildman–Crippen LogP) is 4.40. The first-order valence-corrected chi connectivity index (χ1v) is 11.5. The van der Waals surface area contributed by atoms with E-state index in [0.29, 0.717) is 29.6 Å². The van der Waals surface area contributed by atoms with Gasteiger partial charge < -0.3 is 15.3 Å². The smallest absolute Gasteiger partial charge is 0.303 e. The lowest BCUT2D eigenvalue weighted by molar-refractivity contribution is -0.137. The van der Waals surface area contributed by atoms with Crippen molar-refractivity contribution < 1.29 is 20.1 Å². The molecule has 0 unspecified atom stereocenters. The molecule has 4 heteroatoms. The first-order chi connectivity index (χ1) is 13.2. The van der Waals surface area contributed by atoms with E-state index in [1.54, 1.807) is 0 Å². The zero-order valence-corrected chi connectivity index (χ0v) is 17.7. The van der Waals surface area contributed by atoms with Crippen molar-refractivity contribution in [3.8, 4) is 0 Å². The second kappa shape index (κ2) is 7.12. The first-order valence-electron chi connectivity index (χ1n) is 11.5. The van der Waals surface area contributed by atoms with E-state index in [-0.39, 0.29) is 17.3 Å². The molecule has 0 aromatic heterocycles. The number of aliphatic carboxylic acids is 1. The Bertz CT molecular complexity index is 657. The lowest BCUT2D eigenvalue weighted by atomic mass is 9.46. The molecule has 3 fully saturated rings. The van der Waals surface area contributed by atoms with Gasteiger partial charge in [0.05, 0.1) is 12.2 Å². The van der Waals surface area contributed by atoms with Crippen molar-refractivity contribution >= 4 is 5.97 Å². The van der Waals surface area contributed by atoms with Gasteiger partial charge in [-0.15, -0.1) is 0 Å². The third kappa shape index (κ3) is 3.06. The van der Waals surface area contributed by atoms with Gasteiger partial charge in [0.25, 0.3) is 0 Å². The summed E-state index contributed by atoms with van der Waals surface area (Å²) in [7, 11) is 0. The van der Waals surface area contributed by atoms with E-state index in [2.05, 4.69) is 20.8 Å². The van der Waals surface area contributed by atoms with Crippen LogP contribution in [0.2, 0.25) is 0 Å². The molecule has 0 aliphatic heterocycles. The summed E-state index contributed by atoms with van der Waals surface area (Å²) in [4.78, 5) is 11.0. The van der Waals surface area contributed by atoms with E-state index < -0.39 is 18.2 Å². The van der Waals surface area contributed by atoms with Crippen molar-refractivity contribution in [2.45, 2.75) is 90.8 Å². The van der Waals surface area contributed by atoms with Gasteiger partial charge in [-0.25, -0.2) is 0 Å². The van der Waals surface area contributed by atoms with Gasteiger partial charge in [0.2, 0.25) is 0 Å². The molecule has 0 radical (unpaired) electrons. The van der Waals surface area contributed by atoms with Crippen molar-refractivity contribution in [2.24, 2.45) is 40.4 Å². The highest BCUT2D eigenvalue weighted by atomic mass is 16.4. The fraction of sp³-hybridized carbons (Fsp3) is 0.875. The van der Waals surface area contributed by atoms with Crippen LogP contribution in [0.3, 0.4) is 0 Å². The molecule has 4 rings (SSSR count). The molecule has 0 aromatic carbocycles. The molecule has 28 heavy (non-hydrogen) atoms. The number of aliphatic hydroxyl groups excluding tert-OH is 2. The zero-order valence-electron chi connectivity index (χ0n) is 17.7. The number of fused-ring (bicyclic) bond motifs is 5. The van der Waals surface area contributed by atoms with Crippen LogP contribution >= 0.6 is 0 Å². The minimum Gasteiger partial charge on any atom is -0.481 e. The molecule has 0 aromatic rings. The Hall–Kier alpha value is -0.870. The fourth-order valence-corrected chi connectivity index (χ4v) is 8.28. The highest BCUT2D eigenvalue weighted by Crippen LogP contribution is 2.67. The number of hydrogen-bond acceptors (Lipinski definition) is 3. The Balaban J connectivity index is 1.57. The van der Waals surface area contributed by atoms with Crippen LogP contribution in [-0.2, 0) is 4.79 Å². The van der Waals surface area contributed by atoms with Crippen LogP contribution in [0.15, 0.2) is 11.6 Å². The summed E-state index contributed by atoms with van der Waals surface area (Å²) in [5.41, 5.74) is 1.43. The SMILES string of the molecule is C[C@H](CCC(=O)O)[C@@H]1CC[C@@H]2[C@H]3C[C@H](O)C4=C[C@@H](O)CC[C@]4(C)[C@@H]3CC[C@@]21C. The van der Waals surface area contributed by atoms with Gasteiger partial charge in [0, 0.05) is 6.42 Å². The minimum absolute atomic E-state index is 0.0376. The van der Waals surface area contributed by atoms with E-state index in [9.17, 15) is 15.0 Å². The molecule has 0 bridgehead atoms. The van der Waals surface area contributed by atoms with Crippen LogP contribution in [0.1, 0.15) is 78.6 Å². The molecule has 3 N–H and O–H groups in total. The number of hydrogen-bond donors (Lipinski definition) is 3. The standard InChI is InChI=1S/C24H38O4/c1-14(4-7-22(27)28)17-5-6-18-16-13-21(26)20-12-15(25)8-10-24(20,3)19(16)9-11-23(17,18)2/h12,14-19,21,25-26H,4-11,13H2,1-3H3,(H,27,28)/t14-,15+,16-,17+,18-,19-,21+,23-,24-/m1/s1. The van der Waals surface area contributed by atoms with Crippen LogP contribution in [0.25, 0.3) is 0 Å². The maximum atomic E-state index is 11.0. The molecule has 4 aliphatic rings. The van der Waals surface area contributed by atoms with Gasteiger partial charge in [-0.2, -0.15) is 0 Å². The van der Waals surface area contributed by atoms with E-state index >= 15 is 0 Å². The summed E-state index contributed by atoms with van der Waals surface area (Å²) in [6.07, 6.45) is 9.72. The molecule has 0 spiro atoms. The Morgan fingerprint density at radius 2 is 1.89 bits per heavy atom. The number of carbonyl (C=O) groups is 1. The van der Waals surface area contributed by atoms with E-state index in [0.717, 1.165) is 31.3 Å². The molecular formula is C24H38O4. The monoisotopic (exact) mass is 390 g/mol. The molecule has 0 amide bonds. The van der Waals surface area contributed by atoms with E-state index in [1.165, 1.54) is 25.7 Å². The summed E-state index contributed by atoms with van der Waals surface area (Å²) >= 11 is 0. The number of carboxylic acid groups (broad SMARTS) is 1. The number of aliphatic hydroxyl groups is 2. The minimum atomic E-state index is -0.683. The normalized spacial score (nSPS) is 48.8. The highest BCUT2D eigenvalue weighted by Gasteiger charge is 2.60. The quantitative estimate of drug-likeness (QED) is 0.622. The van der Waals surface area contributed by atoms with Crippen molar-refractivity contribution in [3.63, 3.8) is 0 Å². The van der Waals surface area contributed by atoms with Gasteiger partial charge in [0.15, 0.2) is 0 Å². The molecule has 158 valence electrons. The summed E-state index contributed by atoms with van der Waals surface area (Å²) in [6.45, 7) is 7.07. The van der Waals surface area contributed by atoms with Crippen molar-refractivity contribution in [1.29, 1.82) is 0 Å². The lowest BCUT2D eigenvalue weighted by Gasteiger charge is -2.60. The van der Waals surface area contributed by atoms with Crippen molar-refractivity contribution in [1.82, 2.24) is 0 Å². The third-order valence-corrected chi connectivity index (χ3v) is 9.67. The van der Waals surface area contributed by atoms with Crippen LogP contribution in [-0.4, -0.2) is 33.5 Å². The molecule has 3 saturated carbocycles. The fourth-order valence-electron chi connectivity index (χ4n) is 8.28. The van der Waals surface area contributed by atoms with E-state index in [1.807, 2.05) is 6.08 Å². The van der Waals surface area contributed by atoms with E-state index in [4.69, 9.17) is 5.11 Å². The van der Waals surface area contributed by atoms with Crippen molar-refractivity contribution in [3.05, 3.63) is 11.6 Å². The average molecular weight is 391 g/mol. The molecule has 0 heterocycles. The van der Waals surface area contributed by atoms with Gasteiger partial charge in [0.1, 0.15) is 0 Å². The van der Waals surface area contributed by atoms with Crippen LogP contribution < -0.4 is 0 Å². The average Bonchev–Trinajstić information content (AvgIpc) is 2.99. The zero-order chi connectivity index (χ0) is 20.3. The maximum Gasteiger partial charge on any atom is 0.303 e. The molecule has 4 aliphatic carbocycles. The predicted molar refractivity (Wildman–Crippen MR) is 109 cm³/mol. The Labute approximate surface area is 169 Å². The second-order valence-corrected chi connectivity index (χ2v) is 10.9. The molecule has 4 nitrogen and oxygen atoms in total. The lowest BCUT2D eigenvalue weighted by Crippen LogP contribution is -2.54. The summed E-state index contributed by atoms with van der Waals surface area (Å²) in [5.74, 6) is 2.18. The largest absolute Gasteiger partial charge is 0.481 e. The Morgan fingerprint density at radius 3 is 2.61 bits per heavy atom. The van der Waals surface area contributed by atoms with Gasteiger partial charge in [-0.1, -0.05) is 26.8 Å². The van der Waals surface area contributed by atoms with Crippen LogP contribution in [0.4, 0.5) is 0 Å². The summed E-state index contributed by atoms with van der Waals surface area (Å²) in [5, 5.41) is 30.2. The highest BCUT2D eigenvalue weighted by molar-refractivity contribution is 5.66. The van der Waals surface area contributed by atoms with Crippen LogP contribution in [0, 0.1) is 40.4 Å². The molecule has 9 atom stereocenters.